The fourth-order valence-corrected chi connectivity index (χ4v) is 1.90. The van der Waals surface area contributed by atoms with Crippen molar-refractivity contribution in [3.05, 3.63) is 71.8 Å². The summed E-state index contributed by atoms with van der Waals surface area (Å²) >= 11 is 0. The first-order valence-electron chi connectivity index (χ1n) is 5.80. The van der Waals surface area contributed by atoms with Crippen LogP contribution in [0.1, 0.15) is 17.2 Å². The fourth-order valence-electron chi connectivity index (χ4n) is 1.90. The average molecular weight is 227 g/mol. The largest absolute Gasteiger partial charge is 0.387 e. The predicted molar refractivity (Wildman–Crippen MR) is 69.5 cm³/mol. The van der Waals surface area contributed by atoms with Crippen LogP contribution in [0.25, 0.3) is 0 Å². The highest BCUT2D eigenvalue weighted by Crippen LogP contribution is 2.17. The molecule has 2 heteroatoms. The van der Waals surface area contributed by atoms with Crippen LogP contribution < -0.4 is 5.73 Å². The van der Waals surface area contributed by atoms with Gasteiger partial charge in [-0.2, -0.15) is 0 Å². The molecular formula is C15H17NO. The molecule has 0 saturated carbocycles. The van der Waals surface area contributed by atoms with E-state index in [1.165, 1.54) is 0 Å². The molecule has 2 rings (SSSR count). The van der Waals surface area contributed by atoms with Gasteiger partial charge in [-0.3, -0.25) is 0 Å². The van der Waals surface area contributed by atoms with Crippen LogP contribution in [0, 0.1) is 0 Å². The second kappa shape index (κ2) is 5.62. The van der Waals surface area contributed by atoms with Gasteiger partial charge >= 0.3 is 0 Å². The first-order valence-corrected chi connectivity index (χ1v) is 5.80. The Labute approximate surface area is 102 Å². The van der Waals surface area contributed by atoms with Gasteiger partial charge in [0.1, 0.15) is 0 Å². The maximum absolute atomic E-state index is 10.1. The van der Waals surface area contributed by atoms with Gasteiger partial charge in [-0.25, -0.2) is 0 Å². The van der Waals surface area contributed by atoms with Crippen LogP contribution in [0.4, 0.5) is 0 Å². The topological polar surface area (TPSA) is 46.2 Å². The summed E-state index contributed by atoms with van der Waals surface area (Å²) in [6.45, 7) is 0. The van der Waals surface area contributed by atoms with Gasteiger partial charge in [0.25, 0.3) is 0 Å². The zero-order valence-corrected chi connectivity index (χ0v) is 9.66. The molecule has 0 aliphatic rings. The van der Waals surface area contributed by atoms with Gasteiger partial charge < -0.3 is 10.8 Å². The molecule has 0 fully saturated rings. The maximum atomic E-state index is 10.1. The van der Waals surface area contributed by atoms with E-state index < -0.39 is 6.10 Å². The summed E-state index contributed by atoms with van der Waals surface area (Å²) in [5.74, 6) is 0. The Morgan fingerprint density at radius 3 is 2.00 bits per heavy atom. The Balaban J connectivity index is 2.03. The second-order valence-corrected chi connectivity index (χ2v) is 4.21. The third-order valence-electron chi connectivity index (χ3n) is 2.86. The van der Waals surface area contributed by atoms with Crippen molar-refractivity contribution in [1.29, 1.82) is 0 Å². The van der Waals surface area contributed by atoms with Crippen LogP contribution in [-0.2, 0) is 6.42 Å². The lowest BCUT2D eigenvalue weighted by atomic mass is 9.97. The lowest BCUT2D eigenvalue weighted by Gasteiger charge is -2.19. The summed E-state index contributed by atoms with van der Waals surface area (Å²) in [5.41, 5.74) is 8.05. The lowest BCUT2D eigenvalue weighted by molar-refractivity contribution is 0.146. The molecule has 2 atom stereocenters. The lowest BCUT2D eigenvalue weighted by Crippen LogP contribution is -2.30. The summed E-state index contributed by atoms with van der Waals surface area (Å²) in [6.07, 6.45) is 0.0630. The summed E-state index contributed by atoms with van der Waals surface area (Å²) < 4.78 is 0. The molecule has 0 saturated heterocycles. The van der Waals surface area contributed by atoms with Crippen LogP contribution in [0.3, 0.4) is 0 Å². The molecule has 0 aliphatic carbocycles. The van der Waals surface area contributed by atoms with Crippen LogP contribution in [0.15, 0.2) is 60.7 Å². The number of hydrogen-bond acceptors (Lipinski definition) is 2. The second-order valence-electron chi connectivity index (χ2n) is 4.21. The molecule has 2 nitrogen and oxygen atoms in total. The normalized spacial score (nSPS) is 14.2. The maximum Gasteiger partial charge on any atom is 0.0944 e. The van der Waals surface area contributed by atoms with Gasteiger partial charge in [-0.05, 0) is 17.5 Å². The van der Waals surface area contributed by atoms with Crippen molar-refractivity contribution in [1.82, 2.24) is 0 Å². The molecule has 0 radical (unpaired) electrons. The minimum Gasteiger partial charge on any atom is -0.387 e. The van der Waals surface area contributed by atoms with Gasteiger partial charge in [-0.15, -0.1) is 0 Å². The van der Waals surface area contributed by atoms with E-state index in [2.05, 4.69) is 0 Å². The van der Waals surface area contributed by atoms with Crippen LogP contribution in [0.2, 0.25) is 0 Å². The fraction of sp³-hybridized carbons (Fsp3) is 0.200. The molecular weight excluding hydrogens is 210 g/mol. The van der Waals surface area contributed by atoms with Crippen LogP contribution >= 0.6 is 0 Å². The van der Waals surface area contributed by atoms with E-state index in [4.69, 9.17) is 5.73 Å². The minimum atomic E-state index is -0.614. The number of aliphatic hydroxyl groups is 1. The first-order chi connectivity index (χ1) is 8.27. The minimum absolute atomic E-state index is 0.278. The van der Waals surface area contributed by atoms with Crippen molar-refractivity contribution in [2.45, 2.75) is 18.6 Å². The van der Waals surface area contributed by atoms with Gasteiger partial charge in [0.2, 0.25) is 0 Å². The van der Waals surface area contributed by atoms with E-state index in [0.29, 0.717) is 6.42 Å². The Morgan fingerprint density at radius 2 is 1.41 bits per heavy atom. The van der Waals surface area contributed by atoms with Crippen LogP contribution in [-0.4, -0.2) is 11.1 Å². The van der Waals surface area contributed by atoms with E-state index in [9.17, 15) is 5.11 Å². The number of hydrogen-bond donors (Lipinski definition) is 2. The highest BCUT2D eigenvalue weighted by atomic mass is 16.3. The van der Waals surface area contributed by atoms with Gasteiger partial charge in [-0.1, -0.05) is 60.7 Å². The highest BCUT2D eigenvalue weighted by molar-refractivity contribution is 5.21. The zero-order valence-electron chi connectivity index (χ0n) is 9.66. The quantitative estimate of drug-likeness (QED) is 0.841. The van der Waals surface area contributed by atoms with Crippen molar-refractivity contribution in [3.8, 4) is 0 Å². The molecule has 2 aromatic carbocycles. The molecule has 0 aliphatic heterocycles. The molecule has 3 N–H and O–H groups in total. The number of nitrogens with two attached hydrogens (primary N) is 1. The molecule has 2 aromatic rings. The van der Waals surface area contributed by atoms with Crippen molar-refractivity contribution in [2.75, 3.05) is 0 Å². The van der Waals surface area contributed by atoms with E-state index in [0.717, 1.165) is 11.1 Å². The van der Waals surface area contributed by atoms with Crippen molar-refractivity contribution < 1.29 is 5.11 Å². The Kier molecular flexibility index (Phi) is 3.91. The highest BCUT2D eigenvalue weighted by Gasteiger charge is 2.16. The Bertz CT molecular complexity index is 441. The molecule has 0 amide bonds. The SMILES string of the molecule is N[C@@H](Cc1ccccc1)[C@@H](O)c1ccccc1. The summed E-state index contributed by atoms with van der Waals surface area (Å²) in [6, 6.07) is 19.3. The third kappa shape index (κ3) is 3.16. The smallest absolute Gasteiger partial charge is 0.0944 e. The van der Waals surface area contributed by atoms with E-state index in [1.54, 1.807) is 0 Å². The van der Waals surface area contributed by atoms with Crippen molar-refractivity contribution in [2.24, 2.45) is 5.73 Å². The van der Waals surface area contributed by atoms with Gasteiger partial charge in [0.05, 0.1) is 6.10 Å². The predicted octanol–water partition coefficient (Wildman–Crippen LogP) is 2.29. The van der Waals surface area contributed by atoms with E-state index in [-0.39, 0.29) is 6.04 Å². The Morgan fingerprint density at radius 1 is 0.882 bits per heavy atom. The van der Waals surface area contributed by atoms with Gasteiger partial charge in [0, 0.05) is 6.04 Å². The molecule has 0 heterocycles. The van der Waals surface area contributed by atoms with Crippen molar-refractivity contribution >= 4 is 0 Å². The summed E-state index contributed by atoms with van der Waals surface area (Å²) in [7, 11) is 0. The molecule has 0 aromatic heterocycles. The standard InChI is InChI=1S/C15H17NO/c16-14(11-12-7-3-1-4-8-12)15(17)13-9-5-2-6-10-13/h1-10,14-15,17H,11,16H2/t14-,15-/m0/s1. The number of benzene rings is 2. The first kappa shape index (κ1) is 11.8. The molecule has 0 unspecified atom stereocenters. The molecule has 17 heavy (non-hydrogen) atoms. The number of aliphatic hydroxyl groups excluding tert-OH is 1. The van der Waals surface area contributed by atoms with Gasteiger partial charge in [0.15, 0.2) is 0 Å². The van der Waals surface area contributed by atoms with Crippen LogP contribution in [0.5, 0.6) is 0 Å². The van der Waals surface area contributed by atoms with Crippen molar-refractivity contribution in [3.63, 3.8) is 0 Å². The third-order valence-corrected chi connectivity index (χ3v) is 2.86. The van der Waals surface area contributed by atoms with E-state index in [1.807, 2.05) is 60.7 Å². The summed E-state index contributed by atoms with van der Waals surface area (Å²) in [4.78, 5) is 0. The zero-order chi connectivity index (χ0) is 12.1. The summed E-state index contributed by atoms with van der Waals surface area (Å²) in [5, 5.41) is 10.1. The number of rotatable bonds is 4. The average Bonchev–Trinajstić information content (AvgIpc) is 2.40. The van der Waals surface area contributed by atoms with E-state index >= 15 is 0 Å². The molecule has 88 valence electrons. The molecule has 0 spiro atoms. The monoisotopic (exact) mass is 227 g/mol. The Hall–Kier alpha value is -1.64. The molecule has 0 bridgehead atoms.